The van der Waals surface area contributed by atoms with Gasteiger partial charge in [-0.05, 0) is 23.6 Å². The van der Waals surface area contributed by atoms with Crippen molar-refractivity contribution in [3.63, 3.8) is 0 Å². The second-order valence-electron chi connectivity index (χ2n) is 5.15. The van der Waals surface area contributed by atoms with Gasteiger partial charge in [0.05, 0.1) is 22.6 Å². The molecule has 0 saturated carbocycles. The van der Waals surface area contributed by atoms with E-state index in [0.29, 0.717) is 5.56 Å². The Morgan fingerprint density at radius 3 is 2.64 bits per heavy atom. The molecule has 1 aliphatic heterocycles. The lowest BCUT2D eigenvalue weighted by molar-refractivity contribution is -0.138. The van der Waals surface area contributed by atoms with Crippen molar-refractivity contribution in [1.29, 1.82) is 0 Å². The van der Waals surface area contributed by atoms with Gasteiger partial charge in [0.1, 0.15) is 4.21 Å². The molecule has 0 saturated heterocycles. The van der Waals surface area contributed by atoms with Crippen molar-refractivity contribution in [2.24, 2.45) is 5.16 Å². The molecule has 0 spiro atoms. The van der Waals surface area contributed by atoms with E-state index in [1.165, 1.54) is 12.1 Å². The number of fused-ring (bicyclic) bond motifs is 1. The predicted molar refractivity (Wildman–Crippen MR) is 84.4 cm³/mol. The summed E-state index contributed by atoms with van der Waals surface area (Å²) in [4.78, 5) is 16.6. The van der Waals surface area contributed by atoms with E-state index in [2.05, 4.69) is 9.99 Å². The summed E-state index contributed by atoms with van der Waals surface area (Å²) in [5, 5.41) is 5.16. The Morgan fingerprint density at radius 2 is 1.92 bits per heavy atom. The van der Waals surface area contributed by atoms with Crippen LogP contribution in [0.25, 0.3) is 0 Å². The highest BCUT2D eigenvalue weighted by molar-refractivity contribution is 7.93. The Labute approximate surface area is 144 Å². The first-order chi connectivity index (χ1) is 11.7. The molecule has 0 amide bonds. The largest absolute Gasteiger partial charge is 0.417 e. The van der Waals surface area contributed by atoms with Crippen molar-refractivity contribution in [3.8, 4) is 0 Å². The average Bonchev–Trinajstić information content (AvgIpc) is 3.04. The molecule has 0 radical (unpaired) electrons. The summed E-state index contributed by atoms with van der Waals surface area (Å²) in [6, 6.07) is 5.73. The topological polar surface area (TPSA) is 72.8 Å². The van der Waals surface area contributed by atoms with E-state index in [4.69, 9.17) is 0 Å². The number of nitrogens with zero attached hydrogens (tertiary/aromatic N) is 1. The molecule has 0 N–H and O–H groups in total. The molecule has 132 valence electrons. The Kier molecular flexibility index (Phi) is 4.41. The standard InChI is InChI=1S/C15H10F3NO4S2/c16-15(17,18)11-4-2-1-3-9(11)13(20)23-19-12-6-8-25(21,22)14-10(12)5-7-24-14/h1-5,7H,6,8H2/b19-12-. The zero-order valence-electron chi connectivity index (χ0n) is 12.4. The van der Waals surface area contributed by atoms with Gasteiger partial charge < -0.3 is 4.84 Å². The number of hydrogen-bond acceptors (Lipinski definition) is 6. The molecule has 10 heteroatoms. The van der Waals surface area contributed by atoms with Crippen molar-refractivity contribution >= 4 is 32.9 Å². The molecular formula is C15H10F3NO4S2. The maximum absolute atomic E-state index is 12.9. The van der Waals surface area contributed by atoms with E-state index in [1.54, 1.807) is 5.38 Å². The van der Waals surface area contributed by atoms with Crippen LogP contribution in [0.1, 0.15) is 27.9 Å². The van der Waals surface area contributed by atoms with Crippen LogP contribution in [-0.4, -0.2) is 25.9 Å². The number of thiophene rings is 1. The summed E-state index contributed by atoms with van der Waals surface area (Å²) in [6.07, 6.45) is -4.69. The Balaban J connectivity index is 1.88. The van der Waals surface area contributed by atoms with Gasteiger partial charge >= 0.3 is 12.1 Å². The van der Waals surface area contributed by atoms with Gasteiger partial charge in [0.15, 0.2) is 9.84 Å². The minimum atomic E-state index is -4.71. The first-order valence-corrected chi connectivity index (χ1v) is 9.48. The molecule has 2 aromatic rings. The lowest BCUT2D eigenvalue weighted by Crippen LogP contribution is -2.21. The van der Waals surface area contributed by atoms with E-state index in [1.807, 2.05) is 0 Å². The number of benzene rings is 1. The van der Waals surface area contributed by atoms with Crippen LogP contribution < -0.4 is 0 Å². The van der Waals surface area contributed by atoms with Crippen LogP contribution >= 0.6 is 11.3 Å². The van der Waals surface area contributed by atoms with Crippen LogP contribution in [0.15, 0.2) is 45.1 Å². The van der Waals surface area contributed by atoms with Gasteiger partial charge in [0.25, 0.3) is 0 Å². The molecule has 0 atom stereocenters. The fourth-order valence-electron chi connectivity index (χ4n) is 2.36. The molecule has 0 fully saturated rings. The normalized spacial score (nSPS) is 18.0. The summed E-state index contributed by atoms with van der Waals surface area (Å²) in [5.74, 6) is -1.46. The molecule has 1 aliphatic rings. The van der Waals surface area contributed by atoms with Crippen LogP contribution in [0.4, 0.5) is 13.2 Å². The van der Waals surface area contributed by atoms with E-state index in [-0.39, 0.29) is 22.1 Å². The fourth-order valence-corrected chi connectivity index (χ4v) is 5.17. The summed E-state index contributed by atoms with van der Waals surface area (Å²) in [7, 11) is -3.40. The van der Waals surface area contributed by atoms with Crippen molar-refractivity contribution in [3.05, 3.63) is 52.4 Å². The van der Waals surface area contributed by atoms with Gasteiger partial charge in [0, 0.05) is 12.0 Å². The van der Waals surface area contributed by atoms with Crippen molar-refractivity contribution in [1.82, 2.24) is 0 Å². The zero-order valence-corrected chi connectivity index (χ0v) is 14.0. The molecule has 0 bridgehead atoms. The number of oxime groups is 1. The lowest BCUT2D eigenvalue weighted by atomic mass is 10.1. The quantitative estimate of drug-likeness (QED) is 0.582. The highest BCUT2D eigenvalue weighted by atomic mass is 32.2. The SMILES string of the molecule is O=C(O/N=C1/CCS(=O)(=O)c2sccc21)c1ccccc1C(F)(F)F. The van der Waals surface area contributed by atoms with E-state index in [9.17, 15) is 26.4 Å². The van der Waals surface area contributed by atoms with Gasteiger partial charge in [-0.1, -0.05) is 17.3 Å². The molecular weight excluding hydrogens is 379 g/mol. The van der Waals surface area contributed by atoms with E-state index >= 15 is 0 Å². The molecule has 1 aromatic carbocycles. The monoisotopic (exact) mass is 389 g/mol. The Morgan fingerprint density at radius 1 is 1.20 bits per heavy atom. The van der Waals surface area contributed by atoms with Crippen molar-refractivity contribution in [2.45, 2.75) is 16.8 Å². The number of carbonyl (C=O) groups is 1. The second-order valence-corrected chi connectivity index (χ2v) is 8.37. The third kappa shape index (κ3) is 3.45. The third-order valence-electron chi connectivity index (χ3n) is 3.52. The third-order valence-corrected chi connectivity index (χ3v) is 6.80. The first-order valence-electron chi connectivity index (χ1n) is 6.95. The van der Waals surface area contributed by atoms with Crippen LogP contribution in [0.5, 0.6) is 0 Å². The summed E-state index contributed by atoms with van der Waals surface area (Å²) >= 11 is 1.01. The number of alkyl halides is 3. The van der Waals surface area contributed by atoms with E-state index in [0.717, 1.165) is 29.5 Å². The maximum atomic E-state index is 12.9. The molecule has 5 nitrogen and oxygen atoms in total. The van der Waals surface area contributed by atoms with Crippen LogP contribution in [0, 0.1) is 0 Å². The van der Waals surface area contributed by atoms with Gasteiger partial charge in [-0.25, -0.2) is 13.2 Å². The molecule has 1 aromatic heterocycles. The van der Waals surface area contributed by atoms with Crippen LogP contribution in [0.3, 0.4) is 0 Å². The highest BCUT2D eigenvalue weighted by Gasteiger charge is 2.36. The minimum Gasteiger partial charge on any atom is -0.313 e. The van der Waals surface area contributed by atoms with Crippen molar-refractivity contribution in [2.75, 3.05) is 5.75 Å². The Hall–Kier alpha value is -2.20. The van der Waals surface area contributed by atoms with Crippen LogP contribution in [-0.2, 0) is 20.9 Å². The van der Waals surface area contributed by atoms with Gasteiger partial charge in [-0.15, -0.1) is 11.3 Å². The molecule has 0 unspecified atom stereocenters. The number of carbonyl (C=O) groups excluding carboxylic acids is 1. The Bertz CT molecular complexity index is 961. The average molecular weight is 389 g/mol. The van der Waals surface area contributed by atoms with Gasteiger partial charge in [0.2, 0.25) is 0 Å². The number of halogens is 3. The summed E-state index contributed by atoms with van der Waals surface area (Å²) in [5.41, 5.74) is -1.26. The van der Waals surface area contributed by atoms with Crippen LogP contribution in [0.2, 0.25) is 0 Å². The maximum Gasteiger partial charge on any atom is 0.417 e. The zero-order chi connectivity index (χ0) is 18.2. The van der Waals surface area contributed by atoms with E-state index < -0.39 is 33.1 Å². The van der Waals surface area contributed by atoms with Crippen molar-refractivity contribution < 1.29 is 31.2 Å². The predicted octanol–water partition coefficient (Wildman–Crippen LogP) is 3.51. The minimum absolute atomic E-state index is 0.0142. The lowest BCUT2D eigenvalue weighted by Gasteiger charge is -2.14. The molecule has 3 rings (SSSR count). The van der Waals surface area contributed by atoms with Gasteiger partial charge in [-0.2, -0.15) is 13.2 Å². The second kappa shape index (κ2) is 6.26. The molecule has 0 aliphatic carbocycles. The smallest absolute Gasteiger partial charge is 0.313 e. The number of hydrogen-bond donors (Lipinski definition) is 0. The molecule has 25 heavy (non-hydrogen) atoms. The summed E-state index contributed by atoms with van der Waals surface area (Å²) in [6.45, 7) is 0. The molecule has 2 heterocycles. The summed E-state index contributed by atoms with van der Waals surface area (Å²) < 4.78 is 62.8. The number of sulfone groups is 1. The van der Waals surface area contributed by atoms with Gasteiger partial charge in [-0.3, -0.25) is 0 Å². The fraction of sp³-hybridized carbons (Fsp3) is 0.200. The first kappa shape index (κ1) is 17.6. The number of rotatable bonds is 2. The highest BCUT2D eigenvalue weighted by Crippen LogP contribution is 2.33.